The van der Waals surface area contributed by atoms with Crippen LogP contribution >= 0.6 is 11.6 Å². The van der Waals surface area contributed by atoms with E-state index in [-0.39, 0.29) is 30.4 Å². The number of benzene rings is 3. The smallest absolute Gasteiger partial charge is 0.254 e. The molecule has 12 heteroatoms. The van der Waals surface area contributed by atoms with E-state index in [9.17, 15) is 18.0 Å². The van der Waals surface area contributed by atoms with Gasteiger partial charge in [0.1, 0.15) is 12.4 Å². The number of hydrogen-bond acceptors (Lipinski definition) is 6. The Labute approximate surface area is 262 Å². The fraction of sp³-hybridized carbons (Fsp3) is 0.273. The second-order valence-corrected chi connectivity index (χ2v) is 11.3. The molecule has 8 nitrogen and oxygen atoms in total. The highest BCUT2D eigenvalue weighted by Gasteiger charge is 2.27. The van der Waals surface area contributed by atoms with Crippen molar-refractivity contribution in [1.29, 1.82) is 0 Å². The molecule has 0 radical (unpaired) electrons. The molecular weight excluding hydrogens is 607 g/mol. The number of nitrogens with one attached hydrogen (secondary N) is 1. The molecular formula is C33H29ClF3N5O3. The van der Waals surface area contributed by atoms with E-state index in [4.69, 9.17) is 26.2 Å². The van der Waals surface area contributed by atoms with Crippen LogP contribution in [0.2, 0.25) is 5.28 Å². The Morgan fingerprint density at radius 2 is 1.71 bits per heavy atom. The summed E-state index contributed by atoms with van der Waals surface area (Å²) in [6.45, 7) is 0.0669. The van der Waals surface area contributed by atoms with Gasteiger partial charge in [-0.1, -0.05) is 24.3 Å². The van der Waals surface area contributed by atoms with Crippen molar-refractivity contribution in [3.8, 4) is 22.6 Å². The van der Waals surface area contributed by atoms with Gasteiger partial charge in [0.25, 0.3) is 5.91 Å². The Bertz CT molecular complexity index is 1820. The number of ether oxygens (including phenoxy) is 2. The SMILES string of the molecule is COc1ccc(COc2c(F)cc(C(=O)NC[C@H]3CC[C@H](n4cc5ccc(-c6cnc(Cl)nc6)cc5n4)CC3)c(F)c2F)cc1. The van der Waals surface area contributed by atoms with E-state index in [2.05, 4.69) is 15.3 Å². The number of rotatable bonds is 9. The molecule has 45 heavy (non-hydrogen) atoms. The number of halogens is 4. The first-order valence-electron chi connectivity index (χ1n) is 14.5. The molecule has 5 aromatic rings. The summed E-state index contributed by atoms with van der Waals surface area (Å²) in [4.78, 5) is 20.8. The van der Waals surface area contributed by atoms with Gasteiger partial charge in [-0.3, -0.25) is 9.48 Å². The Hall–Kier alpha value is -4.64. The molecule has 1 aliphatic carbocycles. The predicted octanol–water partition coefficient (Wildman–Crippen LogP) is 7.31. The average molecular weight is 636 g/mol. The van der Waals surface area contributed by atoms with Crippen molar-refractivity contribution in [2.24, 2.45) is 5.92 Å². The van der Waals surface area contributed by atoms with Crippen LogP contribution in [0.15, 0.2) is 67.1 Å². The van der Waals surface area contributed by atoms with E-state index in [1.165, 1.54) is 7.11 Å². The molecule has 1 fully saturated rings. The van der Waals surface area contributed by atoms with Gasteiger partial charge < -0.3 is 14.8 Å². The van der Waals surface area contributed by atoms with Crippen molar-refractivity contribution in [1.82, 2.24) is 25.1 Å². The van der Waals surface area contributed by atoms with E-state index >= 15 is 0 Å². The summed E-state index contributed by atoms with van der Waals surface area (Å²) in [5, 5.41) is 8.65. The molecule has 0 bridgehead atoms. The molecule has 0 atom stereocenters. The first kappa shape index (κ1) is 30.4. The topological polar surface area (TPSA) is 91.2 Å². The largest absolute Gasteiger partial charge is 0.497 e. The van der Waals surface area contributed by atoms with Crippen molar-refractivity contribution in [3.63, 3.8) is 0 Å². The van der Waals surface area contributed by atoms with Gasteiger partial charge >= 0.3 is 0 Å². The Kier molecular flexibility index (Phi) is 8.88. The van der Waals surface area contributed by atoms with E-state index in [1.54, 1.807) is 36.7 Å². The number of nitrogens with zero attached hydrogens (tertiary/aromatic N) is 4. The molecule has 3 aromatic carbocycles. The lowest BCUT2D eigenvalue weighted by molar-refractivity contribution is 0.0935. The van der Waals surface area contributed by atoms with Crippen LogP contribution in [0, 0.1) is 23.4 Å². The van der Waals surface area contributed by atoms with Crippen LogP contribution in [0.25, 0.3) is 22.0 Å². The van der Waals surface area contributed by atoms with Crippen LogP contribution in [0.4, 0.5) is 13.2 Å². The quantitative estimate of drug-likeness (QED) is 0.135. The summed E-state index contributed by atoms with van der Waals surface area (Å²) in [5.41, 5.74) is 2.54. The van der Waals surface area contributed by atoms with Gasteiger partial charge in [0, 0.05) is 36.1 Å². The lowest BCUT2D eigenvalue weighted by Gasteiger charge is -2.28. The number of methoxy groups -OCH3 is 1. The van der Waals surface area contributed by atoms with E-state index in [0.717, 1.165) is 47.7 Å². The highest BCUT2D eigenvalue weighted by atomic mass is 35.5. The number of hydrogen-bond donors (Lipinski definition) is 1. The summed E-state index contributed by atoms with van der Waals surface area (Å²) >= 11 is 5.80. The third-order valence-corrected chi connectivity index (χ3v) is 8.32. The second-order valence-electron chi connectivity index (χ2n) is 11.0. The Morgan fingerprint density at radius 3 is 2.42 bits per heavy atom. The third kappa shape index (κ3) is 6.73. The zero-order valence-electron chi connectivity index (χ0n) is 24.3. The zero-order chi connectivity index (χ0) is 31.5. The van der Waals surface area contributed by atoms with Crippen molar-refractivity contribution >= 4 is 28.4 Å². The summed E-state index contributed by atoms with van der Waals surface area (Å²) in [6.07, 6.45) is 8.65. The molecule has 6 rings (SSSR count). The van der Waals surface area contributed by atoms with Crippen LogP contribution < -0.4 is 14.8 Å². The fourth-order valence-corrected chi connectivity index (χ4v) is 5.66. The summed E-state index contributed by atoms with van der Waals surface area (Å²) in [5.74, 6) is -5.17. The fourth-order valence-electron chi connectivity index (χ4n) is 5.56. The van der Waals surface area contributed by atoms with Gasteiger partial charge in [0.05, 0.1) is 24.2 Å². The lowest BCUT2D eigenvalue weighted by atomic mass is 9.86. The first-order valence-corrected chi connectivity index (χ1v) is 14.8. The number of carbonyl (C=O) groups is 1. The van der Waals surface area contributed by atoms with Gasteiger partial charge in [0.15, 0.2) is 17.4 Å². The van der Waals surface area contributed by atoms with Gasteiger partial charge in [-0.2, -0.15) is 9.49 Å². The Morgan fingerprint density at radius 1 is 0.978 bits per heavy atom. The van der Waals surface area contributed by atoms with Crippen molar-refractivity contribution in [3.05, 3.63) is 101 Å². The normalized spacial score (nSPS) is 16.5. The molecule has 0 spiro atoms. The molecule has 0 aliphatic heterocycles. The monoisotopic (exact) mass is 635 g/mol. The predicted molar refractivity (Wildman–Crippen MR) is 163 cm³/mol. The molecule has 2 heterocycles. The van der Waals surface area contributed by atoms with Crippen molar-refractivity contribution < 1.29 is 27.4 Å². The maximum Gasteiger partial charge on any atom is 0.254 e. The van der Waals surface area contributed by atoms with Crippen molar-refractivity contribution in [2.75, 3.05) is 13.7 Å². The molecule has 2 aromatic heterocycles. The summed E-state index contributed by atoms with van der Waals surface area (Å²) in [6, 6.07) is 13.5. The summed E-state index contributed by atoms with van der Waals surface area (Å²) < 4.78 is 56.6. The molecule has 0 unspecified atom stereocenters. The van der Waals surface area contributed by atoms with Gasteiger partial charge in [-0.25, -0.2) is 18.7 Å². The maximum absolute atomic E-state index is 14.8. The van der Waals surface area contributed by atoms with E-state index in [0.29, 0.717) is 17.4 Å². The van der Waals surface area contributed by atoms with Crippen LogP contribution in [0.3, 0.4) is 0 Å². The molecule has 1 N–H and O–H groups in total. The minimum Gasteiger partial charge on any atom is -0.497 e. The molecule has 0 saturated heterocycles. The molecule has 1 aliphatic rings. The highest BCUT2D eigenvalue weighted by molar-refractivity contribution is 6.28. The zero-order valence-corrected chi connectivity index (χ0v) is 25.0. The minimum atomic E-state index is -1.55. The molecule has 232 valence electrons. The third-order valence-electron chi connectivity index (χ3n) is 8.12. The van der Waals surface area contributed by atoms with Gasteiger partial charge in [0.2, 0.25) is 11.1 Å². The number of fused-ring (bicyclic) bond motifs is 1. The van der Waals surface area contributed by atoms with Crippen LogP contribution in [0.1, 0.15) is 47.6 Å². The lowest BCUT2D eigenvalue weighted by Crippen LogP contribution is -2.32. The van der Waals surface area contributed by atoms with Crippen LogP contribution in [-0.4, -0.2) is 39.3 Å². The Balaban J connectivity index is 1.03. The number of aromatic nitrogens is 4. The average Bonchev–Trinajstić information content (AvgIpc) is 3.50. The molecule has 1 amide bonds. The molecule has 1 saturated carbocycles. The minimum absolute atomic E-state index is 0.136. The number of amides is 1. The van der Waals surface area contributed by atoms with E-state index < -0.39 is 34.7 Å². The van der Waals surface area contributed by atoms with E-state index in [1.807, 2.05) is 29.1 Å². The second kappa shape index (κ2) is 13.2. The van der Waals surface area contributed by atoms with Gasteiger partial charge in [-0.15, -0.1) is 0 Å². The highest BCUT2D eigenvalue weighted by Crippen LogP contribution is 2.34. The summed E-state index contributed by atoms with van der Waals surface area (Å²) in [7, 11) is 1.52. The standard InChI is InChI=1S/C33H29ClF3N5O3/c1-44-25-10-4-20(5-11-25)18-45-31-27(35)13-26(29(36)30(31)37)32(43)38-14-19-2-8-24(9-3-19)42-17-22-7-6-21(12-28(22)41-42)23-15-39-33(34)40-16-23/h4-7,10-13,15-17,19,24H,2-3,8-9,14,18H2,1H3,(H,38,43)/t19-,24-. The van der Waals surface area contributed by atoms with Crippen LogP contribution in [-0.2, 0) is 6.61 Å². The number of carbonyl (C=O) groups excluding carboxylic acids is 1. The van der Waals surface area contributed by atoms with Crippen molar-refractivity contribution in [2.45, 2.75) is 38.3 Å². The van der Waals surface area contributed by atoms with Gasteiger partial charge in [-0.05, 0) is 78.6 Å². The maximum atomic E-state index is 14.8. The first-order chi connectivity index (χ1) is 21.8. The van der Waals surface area contributed by atoms with Crippen LogP contribution in [0.5, 0.6) is 11.5 Å².